The number of sulfonamides is 5. The van der Waals surface area contributed by atoms with Crippen LogP contribution in [0, 0.1) is 0 Å². The van der Waals surface area contributed by atoms with Gasteiger partial charge in [-0.3, -0.25) is 0 Å². The molecule has 0 aromatic carbocycles. The van der Waals surface area contributed by atoms with Gasteiger partial charge in [-0.25, -0.2) is 42.1 Å². The predicted molar refractivity (Wildman–Crippen MR) is 99.9 cm³/mol. The van der Waals surface area contributed by atoms with Gasteiger partial charge in [0.15, 0.2) is 0 Å². The number of hydrogen-bond acceptors (Lipinski definition) is 10. The summed E-state index contributed by atoms with van der Waals surface area (Å²) in [5.41, 5.74) is -35.1. The summed E-state index contributed by atoms with van der Waals surface area (Å²) >= 11 is 0. The van der Waals surface area contributed by atoms with Gasteiger partial charge in [0.05, 0.1) is 0 Å². The van der Waals surface area contributed by atoms with E-state index in [0.29, 0.717) is 0 Å². The normalized spacial score (nSPS) is 16.0. The highest BCUT2D eigenvalue weighted by Gasteiger charge is 2.63. The van der Waals surface area contributed by atoms with E-state index < -0.39 is 116 Å². The molecule has 0 aliphatic carbocycles. The Bertz CT molecular complexity index is 1350. The monoisotopic (exact) mass is 763 g/mol. The molecule has 0 N–H and O–H groups in total. The molecule has 0 heterocycles. The van der Waals surface area contributed by atoms with Crippen molar-refractivity contribution in [3.8, 4) is 0 Å². The van der Waals surface area contributed by atoms with Crippen LogP contribution < -0.4 is 0 Å². The van der Waals surface area contributed by atoms with Crippen molar-refractivity contribution in [2.75, 3.05) is 26.2 Å². The summed E-state index contributed by atoms with van der Waals surface area (Å²) in [6, 6.07) is 0. The lowest BCUT2D eigenvalue weighted by atomic mass is 10.6. The van der Waals surface area contributed by atoms with Gasteiger partial charge >= 0.3 is 77.7 Å². The molecular weight excluding hydrogens is 755 g/mol. The molecule has 13 nitrogen and oxygen atoms in total. The Balaban J connectivity index is 7.18. The SMILES string of the molecule is O=S(=O)(N(CCN(S(=O)(=O)C(F)(F)F)S(=O)(=O)C(F)(F)F)CCN(S(=O)(=O)C(F)(F)F)S(=O)(=O)C(F)(F)F)C(F)(F)F. The second kappa shape index (κ2) is 11.5. The molecule has 0 saturated heterocycles. The van der Waals surface area contributed by atoms with E-state index in [4.69, 9.17) is 0 Å². The lowest BCUT2D eigenvalue weighted by molar-refractivity contribution is -0.0543. The minimum Gasteiger partial charge on any atom is -0.203 e. The van der Waals surface area contributed by atoms with Crippen molar-refractivity contribution < 1.29 is 108 Å². The Labute approximate surface area is 223 Å². The number of halogens is 15. The summed E-state index contributed by atoms with van der Waals surface area (Å²) in [5.74, 6) is 0. The van der Waals surface area contributed by atoms with Crippen molar-refractivity contribution >= 4 is 50.1 Å². The number of hydrogen-bond donors (Lipinski definition) is 0. The van der Waals surface area contributed by atoms with Crippen LogP contribution in [0.25, 0.3) is 0 Å². The van der Waals surface area contributed by atoms with Gasteiger partial charge in [0.1, 0.15) is 0 Å². The van der Waals surface area contributed by atoms with Crippen molar-refractivity contribution in [1.82, 2.24) is 11.7 Å². The van der Waals surface area contributed by atoms with Crippen LogP contribution in [0.15, 0.2) is 0 Å². The maximum atomic E-state index is 13.0. The quantitative estimate of drug-likeness (QED) is 0.277. The Hall–Kier alpha value is -1.42. The molecule has 33 heteroatoms. The topological polar surface area (TPSA) is 180 Å². The molecule has 0 radical (unpaired) electrons. The molecular formula is C9H8F15N3O10S5. The van der Waals surface area contributed by atoms with Crippen molar-refractivity contribution in [3.05, 3.63) is 0 Å². The first-order valence-electron chi connectivity index (χ1n) is 8.70. The molecule has 0 unspecified atom stereocenters. The average Bonchev–Trinajstić information content (AvgIpc) is 2.67. The highest BCUT2D eigenvalue weighted by Crippen LogP contribution is 2.37. The van der Waals surface area contributed by atoms with Gasteiger partial charge in [-0.15, -0.1) is 0 Å². The highest BCUT2D eigenvalue weighted by molar-refractivity contribution is 8.05. The molecule has 42 heavy (non-hydrogen) atoms. The van der Waals surface area contributed by atoms with Crippen LogP contribution in [0.2, 0.25) is 0 Å². The van der Waals surface area contributed by atoms with Gasteiger partial charge in [-0.05, 0) is 0 Å². The van der Waals surface area contributed by atoms with Gasteiger partial charge < -0.3 is 0 Å². The first kappa shape index (κ1) is 40.6. The predicted octanol–water partition coefficient (Wildman–Crippen LogP) is 1.14. The zero-order chi connectivity index (χ0) is 34.6. The Morgan fingerprint density at radius 2 is 0.476 bits per heavy atom. The Kier molecular flexibility index (Phi) is 11.1. The van der Waals surface area contributed by atoms with Gasteiger partial charge in [-0.2, -0.15) is 70.2 Å². The van der Waals surface area contributed by atoms with Gasteiger partial charge in [0.25, 0.3) is 0 Å². The summed E-state index contributed by atoms with van der Waals surface area (Å²) in [7, 11) is -38.9. The third-order valence-electron chi connectivity index (χ3n) is 3.94. The van der Waals surface area contributed by atoms with Crippen molar-refractivity contribution in [2.45, 2.75) is 27.5 Å². The van der Waals surface area contributed by atoms with Crippen molar-refractivity contribution in [3.63, 3.8) is 0 Å². The van der Waals surface area contributed by atoms with Crippen LogP contribution >= 0.6 is 0 Å². The van der Waals surface area contributed by atoms with Crippen LogP contribution in [0.4, 0.5) is 65.9 Å². The van der Waals surface area contributed by atoms with Crippen molar-refractivity contribution in [1.29, 1.82) is 0 Å². The standard InChI is InChI=1S/C9H8F15N3O10S5/c10-5(11,12)38(28,29)25(1-3-26(39(30,31)6(13,14)15)40(32,33)7(16,17)18)2-4-27(41(34,35)8(19,20)21)42(36,37)9(22,23)24/h1-4H2. The number of nitrogens with zero attached hydrogens (tertiary/aromatic N) is 3. The minimum atomic E-state index is -7.85. The van der Waals surface area contributed by atoms with Gasteiger partial charge in [0, 0.05) is 26.2 Å². The van der Waals surface area contributed by atoms with Gasteiger partial charge in [0.2, 0.25) is 0 Å². The molecule has 0 atom stereocenters. The molecule has 0 aromatic heterocycles. The van der Waals surface area contributed by atoms with E-state index >= 15 is 0 Å². The van der Waals surface area contributed by atoms with E-state index in [-0.39, 0.29) is 0 Å². The fourth-order valence-corrected chi connectivity index (χ4v) is 8.32. The molecule has 0 aromatic rings. The van der Waals surface area contributed by atoms with Crippen LogP contribution in [-0.2, 0) is 50.1 Å². The molecule has 0 bridgehead atoms. The lowest BCUT2D eigenvalue weighted by Gasteiger charge is -2.29. The fraction of sp³-hybridized carbons (Fsp3) is 1.00. The molecule has 0 fully saturated rings. The maximum absolute atomic E-state index is 13.0. The average molecular weight is 763 g/mol. The highest BCUT2D eigenvalue weighted by atomic mass is 32.3. The van der Waals surface area contributed by atoms with Crippen LogP contribution in [0.5, 0.6) is 0 Å². The molecule has 0 rings (SSSR count). The summed E-state index contributed by atoms with van der Waals surface area (Å²) in [6.45, 7) is -12.3. The zero-order valence-electron chi connectivity index (χ0n) is 18.5. The Morgan fingerprint density at radius 1 is 0.310 bits per heavy atom. The first-order valence-corrected chi connectivity index (χ1v) is 15.9. The molecule has 0 aliphatic heterocycles. The molecule has 0 aliphatic rings. The summed E-state index contributed by atoms with van der Waals surface area (Å²) in [6.07, 6.45) is 0. The lowest BCUT2D eigenvalue weighted by Crippen LogP contribution is -2.55. The third-order valence-corrected chi connectivity index (χ3v) is 13.1. The Morgan fingerprint density at radius 3 is 0.619 bits per heavy atom. The second-order valence-electron chi connectivity index (χ2n) is 6.65. The molecule has 254 valence electrons. The zero-order valence-corrected chi connectivity index (χ0v) is 22.5. The second-order valence-corrected chi connectivity index (χ2v) is 16.5. The first-order chi connectivity index (χ1) is 17.8. The third kappa shape index (κ3) is 7.80. The van der Waals surface area contributed by atoms with Crippen LogP contribution in [-0.4, -0.2) is 108 Å². The van der Waals surface area contributed by atoms with E-state index in [0.717, 1.165) is 0 Å². The summed E-state index contributed by atoms with van der Waals surface area (Å²) in [4.78, 5) is 0. The number of rotatable bonds is 11. The molecule has 0 saturated carbocycles. The van der Waals surface area contributed by atoms with Crippen LogP contribution in [0.1, 0.15) is 0 Å². The molecule has 0 amide bonds. The summed E-state index contributed by atoms with van der Waals surface area (Å²) < 4.78 is 299. The largest absolute Gasteiger partial charge is 0.512 e. The number of alkyl halides is 15. The van der Waals surface area contributed by atoms with Crippen LogP contribution in [0.3, 0.4) is 0 Å². The van der Waals surface area contributed by atoms with E-state index in [1.165, 1.54) is 0 Å². The van der Waals surface area contributed by atoms with E-state index in [9.17, 15) is 108 Å². The maximum Gasteiger partial charge on any atom is 0.512 e. The molecule has 0 spiro atoms. The summed E-state index contributed by atoms with van der Waals surface area (Å²) in [5, 5.41) is 0. The van der Waals surface area contributed by atoms with Gasteiger partial charge in [-0.1, -0.05) is 7.42 Å². The fourth-order valence-electron chi connectivity index (χ4n) is 2.09. The minimum absolute atomic E-state index is 1.84. The van der Waals surface area contributed by atoms with E-state index in [1.54, 1.807) is 0 Å². The van der Waals surface area contributed by atoms with Crippen molar-refractivity contribution in [2.24, 2.45) is 0 Å². The smallest absolute Gasteiger partial charge is 0.203 e. The van der Waals surface area contributed by atoms with E-state index in [1.807, 2.05) is 0 Å². The van der Waals surface area contributed by atoms with E-state index in [2.05, 4.69) is 0 Å².